The highest BCUT2D eigenvalue weighted by Crippen LogP contribution is 2.44. The SMILES string of the molecule is CC(C)OC1CCC(C(=O)N2Cc3cccnc3Nc3ccc(N4CC5(CCCOC5)C4)cc32)CC1. The van der Waals surface area contributed by atoms with Crippen LogP contribution in [0.3, 0.4) is 0 Å². The first kappa shape index (κ1) is 23.7. The molecule has 4 heterocycles. The van der Waals surface area contributed by atoms with E-state index in [2.05, 4.69) is 53.3 Å². The average molecular weight is 491 g/mol. The number of hydrogen-bond donors (Lipinski definition) is 1. The molecule has 3 aliphatic heterocycles. The van der Waals surface area contributed by atoms with Crippen LogP contribution < -0.4 is 15.1 Å². The summed E-state index contributed by atoms with van der Waals surface area (Å²) < 4.78 is 11.8. The number of fused-ring (bicyclic) bond motifs is 2. The molecule has 1 spiro atoms. The van der Waals surface area contributed by atoms with Crippen molar-refractivity contribution in [3.05, 3.63) is 42.1 Å². The van der Waals surface area contributed by atoms with Gasteiger partial charge in [-0.1, -0.05) is 6.07 Å². The Morgan fingerprint density at radius 1 is 1.19 bits per heavy atom. The molecule has 1 saturated carbocycles. The van der Waals surface area contributed by atoms with Crippen LogP contribution in [0.1, 0.15) is 57.9 Å². The van der Waals surface area contributed by atoms with Crippen LogP contribution in [0.25, 0.3) is 0 Å². The summed E-state index contributed by atoms with van der Waals surface area (Å²) in [6.07, 6.45) is 8.35. The van der Waals surface area contributed by atoms with Crippen molar-refractivity contribution in [3.8, 4) is 0 Å². The predicted molar refractivity (Wildman–Crippen MR) is 142 cm³/mol. The van der Waals surface area contributed by atoms with Crippen molar-refractivity contribution in [1.82, 2.24) is 4.98 Å². The second-order valence-electron chi connectivity index (χ2n) is 11.4. The number of benzene rings is 1. The van der Waals surface area contributed by atoms with Gasteiger partial charge in [0.15, 0.2) is 0 Å². The van der Waals surface area contributed by atoms with Crippen molar-refractivity contribution in [2.24, 2.45) is 11.3 Å². The second-order valence-corrected chi connectivity index (χ2v) is 11.4. The lowest BCUT2D eigenvalue weighted by atomic mass is 9.75. The minimum absolute atomic E-state index is 0.0263. The van der Waals surface area contributed by atoms with Crippen LogP contribution in [0.4, 0.5) is 22.9 Å². The zero-order valence-corrected chi connectivity index (χ0v) is 21.5. The smallest absolute Gasteiger partial charge is 0.230 e. The molecule has 0 unspecified atom stereocenters. The summed E-state index contributed by atoms with van der Waals surface area (Å²) in [4.78, 5) is 23.0. The molecule has 1 aromatic carbocycles. The normalized spacial score (nSPS) is 25.0. The van der Waals surface area contributed by atoms with Gasteiger partial charge in [-0.25, -0.2) is 4.98 Å². The van der Waals surface area contributed by atoms with Crippen molar-refractivity contribution in [2.75, 3.05) is 41.4 Å². The average Bonchev–Trinajstić information content (AvgIpc) is 3.04. The minimum Gasteiger partial charge on any atom is -0.381 e. The molecule has 3 fully saturated rings. The lowest BCUT2D eigenvalue weighted by Crippen LogP contribution is -2.60. The van der Waals surface area contributed by atoms with Gasteiger partial charge >= 0.3 is 0 Å². The van der Waals surface area contributed by atoms with Crippen LogP contribution in [0, 0.1) is 11.3 Å². The van der Waals surface area contributed by atoms with Crippen molar-refractivity contribution in [1.29, 1.82) is 0 Å². The van der Waals surface area contributed by atoms with Gasteiger partial charge < -0.3 is 24.6 Å². The number of nitrogens with zero attached hydrogens (tertiary/aromatic N) is 3. The Morgan fingerprint density at radius 2 is 2.03 bits per heavy atom. The third-order valence-electron chi connectivity index (χ3n) is 8.32. The third kappa shape index (κ3) is 4.59. The van der Waals surface area contributed by atoms with E-state index in [1.807, 2.05) is 11.0 Å². The number of ether oxygens (including phenoxy) is 2. The van der Waals surface area contributed by atoms with Crippen LogP contribution >= 0.6 is 0 Å². The van der Waals surface area contributed by atoms with Gasteiger partial charge in [-0.05, 0) is 76.6 Å². The summed E-state index contributed by atoms with van der Waals surface area (Å²) in [5.74, 6) is 1.08. The van der Waals surface area contributed by atoms with E-state index >= 15 is 0 Å². The fourth-order valence-electron chi connectivity index (χ4n) is 6.46. The molecule has 2 saturated heterocycles. The van der Waals surface area contributed by atoms with Crippen LogP contribution in [-0.2, 0) is 20.8 Å². The molecule has 1 N–H and O–H groups in total. The maximum absolute atomic E-state index is 14.0. The van der Waals surface area contributed by atoms with E-state index in [0.29, 0.717) is 12.0 Å². The number of anilines is 4. The Morgan fingerprint density at radius 3 is 2.78 bits per heavy atom. The van der Waals surface area contributed by atoms with E-state index in [1.165, 1.54) is 12.1 Å². The van der Waals surface area contributed by atoms with Crippen molar-refractivity contribution in [3.63, 3.8) is 0 Å². The molecule has 2 aromatic rings. The number of carbonyl (C=O) groups is 1. The van der Waals surface area contributed by atoms with Gasteiger partial charge in [0, 0.05) is 48.5 Å². The molecule has 1 aromatic heterocycles. The first-order valence-electron chi connectivity index (χ1n) is 13.6. The van der Waals surface area contributed by atoms with Crippen molar-refractivity contribution < 1.29 is 14.3 Å². The summed E-state index contributed by atoms with van der Waals surface area (Å²) in [5, 5.41) is 3.51. The van der Waals surface area contributed by atoms with Crippen molar-refractivity contribution in [2.45, 2.75) is 71.1 Å². The highest BCUT2D eigenvalue weighted by atomic mass is 16.5. The van der Waals surface area contributed by atoms with E-state index in [9.17, 15) is 4.79 Å². The molecule has 0 radical (unpaired) electrons. The molecule has 1 amide bonds. The fourth-order valence-corrected chi connectivity index (χ4v) is 6.46. The molecule has 7 heteroatoms. The molecule has 36 heavy (non-hydrogen) atoms. The van der Waals surface area contributed by atoms with E-state index in [1.54, 1.807) is 6.20 Å². The second kappa shape index (κ2) is 9.67. The molecule has 6 rings (SSSR count). The van der Waals surface area contributed by atoms with Gasteiger partial charge in [0.2, 0.25) is 5.91 Å². The first-order valence-corrected chi connectivity index (χ1v) is 13.6. The number of carbonyl (C=O) groups excluding carboxylic acids is 1. The number of nitrogens with one attached hydrogen (secondary N) is 1. The number of rotatable bonds is 4. The van der Waals surface area contributed by atoms with E-state index in [0.717, 1.165) is 81.2 Å². The Labute approximate surface area is 214 Å². The van der Waals surface area contributed by atoms with Crippen LogP contribution in [0.2, 0.25) is 0 Å². The first-order chi connectivity index (χ1) is 17.5. The molecule has 0 atom stereocenters. The summed E-state index contributed by atoms with van der Waals surface area (Å²) in [6, 6.07) is 10.5. The summed E-state index contributed by atoms with van der Waals surface area (Å²) in [5.41, 5.74) is 4.42. The van der Waals surface area contributed by atoms with Gasteiger partial charge in [-0.2, -0.15) is 0 Å². The van der Waals surface area contributed by atoms with E-state index in [-0.39, 0.29) is 24.0 Å². The Balaban J connectivity index is 1.25. The zero-order chi connectivity index (χ0) is 24.7. The lowest BCUT2D eigenvalue weighted by molar-refractivity contribution is -0.124. The maximum Gasteiger partial charge on any atom is 0.230 e. The Bertz CT molecular complexity index is 1100. The van der Waals surface area contributed by atoms with E-state index < -0.39 is 0 Å². The van der Waals surface area contributed by atoms with Gasteiger partial charge in [0.1, 0.15) is 5.82 Å². The molecule has 192 valence electrons. The molecule has 0 bridgehead atoms. The molecule has 7 nitrogen and oxygen atoms in total. The van der Waals surface area contributed by atoms with Crippen molar-refractivity contribution >= 4 is 28.8 Å². The van der Waals surface area contributed by atoms with Gasteiger partial charge in [0.05, 0.1) is 36.7 Å². The molecule has 4 aliphatic rings. The molecular formula is C29H38N4O3. The highest BCUT2D eigenvalue weighted by molar-refractivity contribution is 6.00. The Kier molecular flexibility index (Phi) is 6.38. The monoisotopic (exact) mass is 490 g/mol. The van der Waals surface area contributed by atoms with Crippen LogP contribution in [0.15, 0.2) is 36.5 Å². The number of hydrogen-bond acceptors (Lipinski definition) is 6. The van der Waals surface area contributed by atoms with Gasteiger partial charge in [-0.3, -0.25) is 4.79 Å². The highest BCUT2D eigenvalue weighted by Gasteiger charge is 2.44. The summed E-state index contributed by atoms with van der Waals surface area (Å²) in [6.45, 7) is 8.51. The lowest BCUT2D eigenvalue weighted by Gasteiger charge is -2.53. The fraction of sp³-hybridized carbons (Fsp3) is 0.586. The third-order valence-corrected chi connectivity index (χ3v) is 8.32. The van der Waals surface area contributed by atoms with Crippen LogP contribution in [-0.4, -0.2) is 49.4 Å². The Hall–Kier alpha value is -2.64. The summed E-state index contributed by atoms with van der Waals surface area (Å²) >= 11 is 0. The standard InChI is InChI=1S/C29H38N4O3/c1-20(2)36-24-9-6-21(7-10-24)28(34)33-16-22-5-3-13-30-27(22)31-25-11-8-23(15-26(25)33)32-17-29(18-32)12-4-14-35-19-29/h3,5,8,11,13,15,20-21,24H,4,6-7,9-10,12,14,16-19H2,1-2H3,(H,30,31). The molecular weight excluding hydrogens is 452 g/mol. The number of amides is 1. The predicted octanol–water partition coefficient (Wildman–Crippen LogP) is 5.27. The largest absolute Gasteiger partial charge is 0.381 e. The van der Waals surface area contributed by atoms with Gasteiger partial charge in [0.25, 0.3) is 0 Å². The molecule has 1 aliphatic carbocycles. The van der Waals surface area contributed by atoms with Crippen LogP contribution in [0.5, 0.6) is 0 Å². The maximum atomic E-state index is 14.0. The van der Waals surface area contributed by atoms with E-state index in [4.69, 9.17) is 9.47 Å². The quantitative estimate of drug-likeness (QED) is 0.630. The number of pyridine rings is 1. The topological polar surface area (TPSA) is 66.9 Å². The van der Waals surface area contributed by atoms with Gasteiger partial charge in [-0.15, -0.1) is 0 Å². The zero-order valence-electron chi connectivity index (χ0n) is 21.5. The minimum atomic E-state index is 0.0263. The number of aromatic nitrogens is 1. The summed E-state index contributed by atoms with van der Waals surface area (Å²) in [7, 11) is 0.